The highest BCUT2D eigenvalue weighted by Crippen LogP contribution is 2.20. The zero-order valence-electron chi connectivity index (χ0n) is 12.9. The molecule has 2 aromatic rings. The van der Waals surface area contributed by atoms with Gasteiger partial charge < -0.3 is 5.32 Å². The van der Waals surface area contributed by atoms with Crippen LogP contribution in [0.5, 0.6) is 0 Å². The van der Waals surface area contributed by atoms with Crippen molar-refractivity contribution in [3.63, 3.8) is 0 Å². The molecular formula is C16H16ClFN2O3S. The molecule has 8 heteroatoms. The minimum atomic E-state index is -3.52. The Morgan fingerprint density at radius 2 is 1.88 bits per heavy atom. The molecule has 0 fully saturated rings. The minimum absolute atomic E-state index is 0.0103. The number of rotatable bonds is 6. The number of hydrogen-bond acceptors (Lipinski definition) is 3. The highest BCUT2D eigenvalue weighted by molar-refractivity contribution is 7.92. The summed E-state index contributed by atoms with van der Waals surface area (Å²) in [4.78, 5) is 12.0. The predicted octanol–water partition coefficient (Wildman–Crippen LogP) is 3.27. The number of hydrogen-bond donors (Lipinski definition) is 1. The van der Waals surface area contributed by atoms with Crippen molar-refractivity contribution in [2.24, 2.45) is 0 Å². The molecule has 5 nitrogen and oxygen atoms in total. The SMILES string of the molecule is CS(=O)(=O)N(CCC(=O)Nc1ccc(F)c(Cl)c1)c1ccccc1. The van der Waals surface area contributed by atoms with Crippen molar-refractivity contribution in [3.8, 4) is 0 Å². The van der Waals surface area contributed by atoms with Crippen LogP contribution in [0.25, 0.3) is 0 Å². The lowest BCUT2D eigenvalue weighted by molar-refractivity contribution is -0.116. The van der Waals surface area contributed by atoms with E-state index in [2.05, 4.69) is 5.32 Å². The van der Waals surface area contributed by atoms with Crippen molar-refractivity contribution in [2.75, 3.05) is 22.4 Å². The number of carbonyl (C=O) groups is 1. The Hall–Kier alpha value is -2.12. The summed E-state index contributed by atoms with van der Waals surface area (Å²) < 4.78 is 38.1. The number of anilines is 2. The zero-order chi connectivity index (χ0) is 17.7. The molecular weight excluding hydrogens is 355 g/mol. The molecule has 2 rings (SSSR count). The summed E-state index contributed by atoms with van der Waals surface area (Å²) in [6.45, 7) is -0.0103. The summed E-state index contributed by atoms with van der Waals surface area (Å²) >= 11 is 5.65. The molecule has 1 amide bonds. The van der Waals surface area contributed by atoms with E-state index in [1.54, 1.807) is 30.3 Å². The first-order valence-electron chi connectivity index (χ1n) is 7.05. The van der Waals surface area contributed by atoms with Crippen molar-refractivity contribution >= 4 is 38.9 Å². The van der Waals surface area contributed by atoms with Gasteiger partial charge in [0.15, 0.2) is 0 Å². The second kappa shape index (κ2) is 7.63. The molecule has 0 aliphatic carbocycles. The summed E-state index contributed by atoms with van der Waals surface area (Å²) in [5, 5.41) is 2.45. The van der Waals surface area contributed by atoms with E-state index in [4.69, 9.17) is 11.6 Å². The van der Waals surface area contributed by atoms with E-state index >= 15 is 0 Å². The largest absolute Gasteiger partial charge is 0.326 e. The van der Waals surface area contributed by atoms with Crippen LogP contribution in [0.2, 0.25) is 5.02 Å². The topological polar surface area (TPSA) is 66.5 Å². The molecule has 0 heterocycles. The normalized spacial score (nSPS) is 11.1. The summed E-state index contributed by atoms with van der Waals surface area (Å²) in [5.41, 5.74) is 0.828. The van der Waals surface area contributed by atoms with Gasteiger partial charge in [-0.15, -0.1) is 0 Å². The lowest BCUT2D eigenvalue weighted by atomic mass is 10.3. The average Bonchev–Trinajstić information content (AvgIpc) is 2.51. The maximum atomic E-state index is 13.1. The van der Waals surface area contributed by atoms with Gasteiger partial charge in [0.05, 0.1) is 17.0 Å². The van der Waals surface area contributed by atoms with Crippen molar-refractivity contribution in [3.05, 3.63) is 59.4 Å². The van der Waals surface area contributed by atoms with Gasteiger partial charge in [0.1, 0.15) is 5.82 Å². The van der Waals surface area contributed by atoms with Crippen molar-refractivity contribution < 1.29 is 17.6 Å². The molecule has 24 heavy (non-hydrogen) atoms. The number of sulfonamides is 1. The number of benzene rings is 2. The van der Waals surface area contributed by atoms with E-state index < -0.39 is 21.7 Å². The van der Waals surface area contributed by atoms with Crippen LogP contribution in [0.4, 0.5) is 15.8 Å². The monoisotopic (exact) mass is 370 g/mol. The highest BCUT2D eigenvalue weighted by atomic mass is 35.5. The number of nitrogens with one attached hydrogen (secondary N) is 1. The van der Waals surface area contributed by atoms with Crippen LogP contribution in [0.3, 0.4) is 0 Å². The van der Waals surface area contributed by atoms with E-state index in [1.165, 1.54) is 12.1 Å². The molecule has 1 N–H and O–H groups in total. The van der Waals surface area contributed by atoms with E-state index in [1.807, 2.05) is 0 Å². The standard InChI is InChI=1S/C16H16ClFN2O3S/c1-24(22,23)20(13-5-3-2-4-6-13)10-9-16(21)19-12-7-8-15(18)14(17)11-12/h2-8,11H,9-10H2,1H3,(H,19,21). The molecule has 0 aromatic heterocycles. The van der Waals surface area contributed by atoms with Crippen LogP contribution in [0, 0.1) is 5.82 Å². The van der Waals surface area contributed by atoms with Crippen LogP contribution in [-0.4, -0.2) is 27.1 Å². The molecule has 128 valence electrons. The van der Waals surface area contributed by atoms with Crippen molar-refractivity contribution in [1.82, 2.24) is 0 Å². The Bertz CT molecular complexity index is 828. The van der Waals surface area contributed by atoms with Gasteiger partial charge in [0.25, 0.3) is 0 Å². The lowest BCUT2D eigenvalue weighted by Gasteiger charge is -2.22. The van der Waals surface area contributed by atoms with Gasteiger partial charge in [-0.25, -0.2) is 12.8 Å². The molecule has 2 aromatic carbocycles. The molecule has 0 aliphatic heterocycles. The molecule has 0 saturated carbocycles. The van der Waals surface area contributed by atoms with Gasteiger partial charge in [-0.05, 0) is 30.3 Å². The first-order chi connectivity index (χ1) is 11.3. The summed E-state index contributed by atoms with van der Waals surface area (Å²) in [6, 6.07) is 12.3. The van der Waals surface area contributed by atoms with E-state index in [0.717, 1.165) is 16.6 Å². The third-order valence-electron chi connectivity index (χ3n) is 3.19. The molecule has 0 aliphatic rings. The van der Waals surface area contributed by atoms with Gasteiger partial charge in [-0.3, -0.25) is 9.10 Å². The van der Waals surface area contributed by atoms with E-state index in [9.17, 15) is 17.6 Å². The number of para-hydroxylation sites is 1. The van der Waals surface area contributed by atoms with Gasteiger partial charge >= 0.3 is 0 Å². The second-order valence-corrected chi connectivity index (χ2v) is 7.41. The summed E-state index contributed by atoms with van der Waals surface area (Å²) in [7, 11) is -3.52. The Labute approximate surface area is 145 Å². The smallest absolute Gasteiger partial charge is 0.232 e. The van der Waals surface area contributed by atoms with Crippen LogP contribution in [0.1, 0.15) is 6.42 Å². The summed E-state index contributed by atoms with van der Waals surface area (Å²) in [6.07, 6.45) is 1.02. The Morgan fingerprint density at radius 1 is 1.21 bits per heavy atom. The van der Waals surface area contributed by atoms with Gasteiger partial charge in [0, 0.05) is 18.7 Å². The fraction of sp³-hybridized carbons (Fsp3) is 0.188. The molecule has 0 atom stereocenters. The number of carbonyl (C=O) groups excluding carboxylic acids is 1. The van der Waals surface area contributed by atoms with E-state index in [0.29, 0.717) is 11.4 Å². The minimum Gasteiger partial charge on any atom is -0.326 e. The molecule has 0 radical (unpaired) electrons. The molecule has 0 unspecified atom stereocenters. The highest BCUT2D eigenvalue weighted by Gasteiger charge is 2.18. The van der Waals surface area contributed by atoms with Crippen LogP contribution in [-0.2, 0) is 14.8 Å². The first kappa shape index (κ1) is 18.2. The van der Waals surface area contributed by atoms with E-state index in [-0.39, 0.29) is 18.0 Å². The van der Waals surface area contributed by atoms with Crippen LogP contribution >= 0.6 is 11.6 Å². The Kier molecular flexibility index (Phi) is 5.80. The molecule has 0 saturated heterocycles. The van der Waals surface area contributed by atoms with Crippen molar-refractivity contribution in [2.45, 2.75) is 6.42 Å². The fourth-order valence-electron chi connectivity index (χ4n) is 2.08. The van der Waals surface area contributed by atoms with Crippen molar-refractivity contribution in [1.29, 1.82) is 0 Å². The Morgan fingerprint density at radius 3 is 2.46 bits per heavy atom. The van der Waals surface area contributed by atoms with Crippen LogP contribution in [0.15, 0.2) is 48.5 Å². The Balaban J connectivity index is 2.04. The molecule has 0 bridgehead atoms. The lowest BCUT2D eigenvalue weighted by Crippen LogP contribution is -2.33. The second-order valence-electron chi connectivity index (χ2n) is 5.10. The fourth-order valence-corrected chi connectivity index (χ4v) is 3.19. The van der Waals surface area contributed by atoms with Gasteiger partial charge in [-0.2, -0.15) is 0 Å². The maximum absolute atomic E-state index is 13.1. The summed E-state index contributed by atoms with van der Waals surface area (Å²) in [5.74, 6) is -0.982. The average molecular weight is 371 g/mol. The molecule has 0 spiro atoms. The predicted molar refractivity (Wildman–Crippen MR) is 93.3 cm³/mol. The van der Waals surface area contributed by atoms with Gasteiger partial charge in [0.2, 0.25) is 15.9 Å². The van der Waals surface area contributed by atoms with Gasteiger partial charge in [-0.1, -0.05) is 29.8 Å². The quantitative estimate of drug-likeness (QED) is 0.848. The number of halogens is 2. The third-order valence-corrected chi connectivity index (χ3v) is 4.67. The maximum Gasteiger partial charge on any atom is 0.232 e. The number of nitrogens with zero attached hydrogens (tertiary/aromatic N) is 1. The van der Waals surface area contributed by atoms with Crippen LogP contribution < -0.4 is 9.62 Å². The third kappa shape index (κ3) is 4.94. The first-order valence-corrected chi connectivity index (χ1v) is 9.27. The zero-order valence-corrected chi connectivity index (χ0v) is 14.4. The number of amides is 1.